The lowest BCUT2D eigenvalue weighted by atomic mass is 9.98. The molecule has 0 fully saturated rings. The second-order valence-corrected chi connectivity index (χ2v) is 4.74. The van der Waals surface area contributed by atoms with E-state index in [2.05, 4.69) is 18.3 Å². The molecule has 17 heavy (non-hydrogen) atoms. The van der Waals surface area contributed by atoms with Crippen LogP contribution in [0.4, 0.5) is 4.39 Å². The Hall–Kier alpha value is -0.860. The smallest absolute Gasteiger partial charge is 0.141 e. The van der Waals surface area contributed by atoms with Gasteiger partial charge in [-0.3, -0.25) is 0 Å². The monoisotopic (exact) mass is 253 g/mol. The van der Waals surface area contributed by atoms with Gasteiger partial charge in [0.1, 0.15) is 5.82 Å². The summed E-state index contributed by atoms with van der Waals surface area (Å²) in [6.45, 7) is 2.96. The Kier molecular flexibility index (Phi) is 4.19. The number of halogens is 2. The first-order chi connectivity index (χ1) is 8.22. The van der Waals surface area contributed by atoms with E-state index < -0.39 is 0 Å². The summed E-state index contributed by atoms with van der Waals surface area (Å²) in [7, 11) is 0. The molecule has 0 aliphatic heterocycles. The Bertz CT molecular complexity index is 428. The van der Waals surface area contributed by atoms with Crippen molar-refractivity contribution in [2.45, 2.75) is 32.2 Å². The highest BCUT2D eigenvalue weighted by atomic mass is 35.5. The molecule has 0 bridgehead atoms. The van der Waals surface area contributed by atoms with E-state index in [1.165, 1.54) is 18.1 Å². The molecule has 1 nitrogen and oxygen atoms in total. The third kappa shape index (κ3) is 2.88. The van der Waals surface area contributed by atoms with Gasteiger partial charge in [0.15, 0.2) is 0 Å². The molecule has 0 saturated heterocycles. The van der Waals surface area contributed by atoms with Crippen LogP contribution in [0.2, 0.25) is 5.02 Å². The van der Waals surface area contributed by atoms with Crippen molar-refractivity contribution >= 4 is 11.6 Å². The molecule has 0 aromatic heterocycles. The van der Waals surface area contributed by atoms with Crippen LogP contribution in [-0.4, -0.2) is 6.54 Å². The highest BCUT2D eigenvalue weighted by molar-refractivity contribution is 6.30. The van der Waals surface area contributed by atoms with Crippen molar-refractivity contribution in [2.24, 2.45) is 0 Å². The predicted molar refractivity (Wildman–Crippen MR) is 69.8 cm³/mol. The highest BCUT2D eigenvalue weighted by Gasteiger charge is 2.18. The van der Waals surface area contributed by atoms with Gasteiger partial charge in [-0.15, -0.1) is 0 Å². The van der Waals surface area contributed by atoms with Crippen molar-refractivity contribution in [3.05, 3.63) is 46.3 Å². The second-order valence-electron chi connectivity index (χ2n) is 4.34. The van der Waals surface area contributed by atoms with E-state index in [0.29, 0.717) is 0 Å². The van der Waals surface area contributed by atoms with Crippen molar-refractivity contribution in [3.8, 4) is 0 Å². The molecule has 0 amide bonds. The Morgan fingerprint density at radius 2 is 2.29 bits per heavy atom. The first kappa shape index (κ1) is 12.6. The molecular weight excluding hydrogens is 237 g/mol. The van der Waals surface area contributed by atoms with Gasteiger partial charge in [0.05, 0.1) is 11.1 Å². The van der Waals surface area contributed by atoms with Gasteiger partial charge in [-0.05, 0) is 43.5 Å². The van der Waals surface area contributed by atoms with Gasteiger partial charge in [0.25, 0.3) is 0 Å². The maximum atomic E-state index is 13.2. The van der Waals surface area contributed by atoms with Gasteiger partial charge >= 0.3 is 0 Å². The second kappa shape index (κ2) is 5.65. The molecule has 0 spiro atoms. The minimum atomic E-state index is -0.355. The van der Waals surface area contributed by atoms with Crippen molar-refractivity contribution in [3.63, 3.8) is 0 Å². The van der Waals surface area contributed by atoms with E-state index >= 15 is 0 Å². The molecule has 2 rings (SSSR count). The van der Waals surface area contributed by atoms with E-state index in [1.54, 1.807) is 6.07 Å². The fraction of sp³-hybridized carbons (Fsp3) is 0.429. The maximum Gasteiger partial charge on any atom is 0.141 e. The Labute approximate surface area is 107 Å². The first-order valence-electron chi connectivity index (χ1n) is 6.09. The first-order valence-corrected chi connectivity index (χ1v) is 6.47. The fourth-order valence-corrected chi connectivity index (χ4v) is 2.51. The fourth-order valence-electron chi connectivity index (χ4n) is 2.32. The van der Waals surface area contributed by atoms with Gasteiger partial charge < -0.3 is 5.32 Å². The minimum absolute atomic E-state index is 0.181. The minimum Gasteiger partial charge on any atom is -0.307 e. The summed E-state index contributed by atoms with van der Waals surface area (Å²) < 4.78 is 13.2. The molecule has 1 aliphatic carbocycles. The van der Waals surface area contributed by atoms with Gasteiger partial charge in [-0.2, -0.15) is 0 Å². The van der Waals surface area contributed by atoms with Crippen LogP contribution < -0.4 is 5.32 Å². The summed E-state index contributed by atoms with van der Waals surface area (Å²) in [6, 6.07) is 5.16. The lowest BCUT2D eigenvalue weighted by molar-refractivity contribution is 0.598. The molecule has 3 heteroatoms. The van der Waals surface area contributed by atoms with Gasteiger partial charge in [-0.1, -0.05) is 36.2 Å². The van der Waals surface area contributed by atoms with E-state index in [1.807, 2.05) is 6.07 Å². The number of rotatable bonds is 4. The Balaban J connectivity index is 2.28. The zero-order valence-corrected chi connectivity index (χ0v) is 10.7. The topological polar surface area (TPSA) is 12.0 Å². The lowest BCUT2D eigenvalue weighted by Crippen LogP contribution is -2.22. The van der Waals surface area contributed by atoms with Crippen molar-refractivity contribution < 1.29 is 4.39 Å². The third-order valence-electron chi connectivity index (χ3n) is 3.13. The average Bonchev–Trinajstić information content (AvgIpc) is 2.83. The predicted octanol–water partition coefficient (Wildman–Crippen LogP) is 4.24. The molecule has 1 aromatic carbocycles. The molecule has 0 radical (unpaired) electrons. The van der Waals surface area contributed by atoms with Crippen LogP contribution in [0, 0.1) is 5.82 Å². The van der Waals surface area contributed by atoms with Gasteiger partial charge in [0, 0.05) is 0 Å². The molecule has 1 aromatic rings. The SMILES string of the molecule is CCNC(C1=CCCC1)c1ccc(F)c(Cl)c1. The van der Waals surface area contributed by atoms with Crippen molar-refractivity contribution in [1.82, 2.24) is 5.32 Å². The van der Waals surface area contributed by atoms with Crippen LogP contribution in [-0.2, 0) is 0 Å². The summed E-state index contributed by atoms with van der Waals surface area (Å²) in [5, 5.41) is 3.64. The Morgan fingerprint density at radius 1 is 1.47 bits per heavy atom. The molecule has 0 heterocycles. The standard InChI is InChI=1S/C14H17ClFN/c1-2-17-14(10-5-3-4-6-10)11-7-8-13(16)12(15)9-11/h5,7-9,14,17H,2-4,6H2,1H3. The summed E-state index contributed by atoms with van der Waals surface area (Å²) in [5.74, 6) is -0.355. The lowest BCUT2D eigenvalue weighted by Gasteiger charge is -2.20. The summed E-state index contributed by atoms with van der Waals surface area (Å²) in [4.78, 5) is 0. The Morgan fingerprint density at radius 3 is 2.88 bits per heavy atom. The molecular formula is C14H17ClFN. The molecule has 1 unspecified atom stereocenters. The number of likely N-dealkylation sites (N-methyl/N-ethyl adjacent to an activating group) is 1. The van der Waals surface area contributed by atoms with Gasteiger partial charge in [-0.25, -0.2) is 4.39 Å². The summed E-state index contributed by atoms with van der Waals surface area (Å²) in [5.41, 5.74) is 2.45. The van der Waals surface area contributed by atoms with E-state index in [-0.39, 0.29) is 16.9 Å². The zero-order valence-electron chi connectivity index (χ0n) is 9.97. The molecule has 1 aliphatic rings. The van der Waals surface area contributed by atoms with E-state index in [0.717, 1.165) is 24.9 Å². The van der Waals surface area contributed by atoms with Crippen LogP contribution in [0.25, 0.3) is 0 Å². The van der Waals surface area contributed by atoms with Crippen LogP contribution in [0.5, 0.6) is 0 Å². The van der Waals surface area contributed by atoms with E-state index in [4.69, 9.17) is 11.6 Å². The molecule has 92 valence electrons. The van der Waals surface area contributed by atoms with Gasteiger partial charge in [0.2, 0.25) is 0 Å². The normalized spacial score (nSPS) is 17.0. The van der Waals surface area contributed by atoms with Crippen LogP contribution in [0.1, 0.15) is 37.8 Å². The molecule has 1 atom stereocenters. The largest absolute Gasteiger partial charge is 0.307 e. The number of nitrogens with one attached hydrogen (secondary N) is 1. The molecule has 0 saturated carbocycles. The zero-order chi connectivity index (χ0) is 12.3. The summed E-state index contributed by atoms with van der Waals surface area (Å²) >= 11 is 5.84. The van der Waals surface area contributed by atoms with Crippen molar-refractivity contribution in [2.75, 3.05) is 6.54 Å². The number of benzene rings is 1. The quantitative estimate of drug-likeness (QED) is 0.792. The third-order valence-corrected chi connectivity index (χ3v) is 3.42. The van der Waals surface area contributed by atoms with Crippen LogP contribution >= 0.6 is 11.6 Å². The maximum absolute atomic E-state index is 13.2. The molecule has 1 N–H and O–H groups in total. The van der Waals surface area contributed by atoms with E-state index in [9.17, 15) is 4.39 Å². The van der Waals surface area contributed by atoms with Crippen molar-refractivity contribution in [1.29, 1.82) is 0 Å². The average molecular weight is 254 g/mol. The van der Waals surface area contributed by atoms with Crippen LogP contribution in [0.3, 0.4) is 0 Å². The summed E-state index contributed by atoms with van der Waals surface area (Å²) in [6.07, 6.45) is 5.76. The number of hydrogen-bond donors (Lipinski definition) is 1. The highest BCUT2D eigenvalue weighted by Crippen LogP contribution is 2.32. The number of allylic oxidation sites excluding steroid dienone is 1. The number of hydrogen-bond acceptors (Lipinski definition) is 1. The van der Waals surface area contributed by atoms with Crippen LogP contribution in [0.15, 0.2) is 29.8 Å².